The number of nitrogens with zero attached hydrogens (tertiary/aromatic N) is 1. The van der Waals surface area contributed by atoms with E-state index in [9.17, 15) is 18.9 Å². The van der Waals surface area contributed by atoms with E-state index >= 15 is 0 Å². The van der Waals surface area contributed by atoms with Crippen molar-refractivity contribution in [3.63, 3.8) is 0 Å². The Labute approximate surface area is 116 Å². The summed E-state index contributed by atoms with van der Waals surface area (Å²) < 4.78 is 27.4. The zero-order valence-electron chi connectivity index (χ0n) is 11.4. The number of benzene rings is 1. The molecule has 1 N–H and O–H groups in total. The van der Waals surface area contributed by atoms with Crippen LogP contribution in [-0.4, -0.2) is 11.5 Å². The highest BCUT2D eigenvalue weighted by Crippen LogP contribution is 2.30. The van der Waals surface area contributed by atoms with Gasteiger partial charge in [0.1, 0.15) is 5.69 Å². The summed E-state index contributed by atoms with van der Waals surface area (Å²) in [4.78, 5) is 9.70. The van der Waals surface area contributed by atoms with Crippen LogP contribution in [0.5, 0.6) is 0 Å². The predicted molar refractivity (Wildman–Crippen MR) is 72.6 cm³/mol. The quantitative estimate of drug-likeness (QED) is 0.668. The Morgan fingerprint density at radius 2 is 2.00 bits per heavy atom. The van der Waals surface area contributed by atoms with Gasteiger partial charge in [-0.3, -0.25) is 10.1 Å². The van der Waals surface area contributed by atoms with E-state index in [1.54, 1.807) is 0 Å². The number of nitro benzene ring substituents is 1. The van der Waals surface area contributed by atoms with Gasteiger partial charge in [-0.15, -0.1) is 0 Å². The van der Waals surface area contributed by atoms with E-state index in [0.717, 1.165) is 31.4 Å². The maximum absolute atomic E-state index is 13.7. The first-order chi connectivity index (χ1) is 9.47. The smallest absolute Gasteiger partial charge is 0.275 e. The van der Waals surface area contributed by atoms with Gasteiger partial charge in [0.2, 0.25) is 0 Å². The van der Waals surface area contributed by atoms with Crippen molar-refractivity contribution in [2.24, 2.45) is 11.8 Å². The highest BCUT2D eigenvalue weighted by molar-refractivity contribution is 5.51. The van der Waals surface area contributed by atoms with Gasteiger partial charge in [-0.05, 0) is 24.7 Å². The third-order valence-corrected chi connectivity index (χ3v) is 3.85. The SMILES string of the molecule is CC1CCCC(CNc2c(F)cc([N+](=O)[O-])cc2F)C1. The average Bonchev–Trinajstić information content (AvgIpc) is 2.37. The van der Waals surface area contributed by atoms with Gasteiger partial charge in [-0.2, -0.15) is 0 Å². The summed E-state index contributed by atoms with van der Waals surface area (Å²) in [6, 6.07) is 1.49. The van der Waals surface area contributed by atoms with E-state index < -0.39 is 22.2 Å². The van der Waals surface area contributed by atoms with Crippen molar-refractivity contribution in [3.05, 3.63) is 33.9 Å². The zero-order chi connectivity index (χ0) is 14.7. The minimum Gasteiger partial charge on any atom is -0.380 e. The van der Waals surface area contributed by atoms with E-state index in [-0.39, 0.29) is 5.69 Å². The number of halogens is 2. The average molecular weight is 284 g/mol. The van der Waals surface area contributed by atoms with Crippen LogP contribution in [0.15, 0.2) is 12.1 Å². The first-order valence-corrected chi connectivity index (χ1v) is 6.84. The first kappa shape index (κ1) is 14.7. The first-order valence-electron chi connectivity index (χ1n) is 6.84. The molecule has 4 nitrogen and oxygen atoms in total. The van der Waals surface area contributed by atoms with Crippen molar-refractivity contribution in [1.82, 2.24) is 0 Å². The Morgan fingerprint density at radius 3 is 2.55 bits per heavy atom. The lowest BCUT2D eigenvalue weighted by Gasteiger charge is -2.27. The van der Waals surface area contributed by atoms with Crippen LogP contribution in [0.3, 0.4) is 0 Å². The Hall–Kier alpha value is -1.72. The van der Waals surface area contributed by atoms with Crippen molar-refractivity contribution >= 4 is 11.4 Å². The van der Waals surface area contributed by atoms with E-state index in [1.807, 2.05) is 0 Å². The van der Waals surface area contributed by atoms with Gasteiger partial charge >= 0.3 is 0 Å². The van der Waals surface area contributed by atoms with E-state index in [1.165, 1.54) is 6.42 Å². The number of anilines is 1. The van der Waals surface area contributed by atoms with Gasteiger partial charge in [0.25, 0.3) is 5.69 Å². The van der Waals surface area contributed by atoms with Crippen LogP contribution in [0, 0.1) is 33.6 Å². The molecule has 1 saturated carbocycles. The second-order valence-corrected chi connectivity index (χ2v) is 5.56. The molecule has 0 radical (unpaired) electrons. The van der Waals surface area contributed by atoms with Crippen LogP contribution < -0.4 is 5.32 Å². The lowest BCUT2D eigenvalue weighted by molar-refractivity contribution is -0.385. The standard InChI is InChI=1S/C14H18F2N2O2/c1-9-3-2-4-10(5-9)8-17-14-12(15)6-11(18(19)20)7-13(14)16/h6-7,9-10,17H,2-5,8H2,1H3. The van der Waals surface area contributed by atoms with Crippen molar-refractivity contribution < 1.29 is 13.7 Å². The summed E-state index contributed by atoms with van der Waals surface area (Å²) in [5, 5.41) is 13.3. The second kappa shape index (κ2) is 6.15. The van der Waals surface area contributed by atoms with Gasteiger partial charge in [-0.25, -0.2) is 8.78 Å². The van der Waals surface area contributed by atoms with Gasteiger partial charge in [0, 0.05) is 6.54 Å². The molecule has 0 bridgehead atoms. The van der Waals surface area contributed by atoms with Crippen molar-refractivity contribution in [1.29, 1.82) is 0 Å². The molecule has 1 aromatic rings. The third-order valence-electron chi connectivity index (χ3n) is 3.85. The molecule has 2 rings (SSSR count). The van der Waals surface area contributed by atoms with Crippen LogP contribution in [-0.2, 0) is 0 Å². The third kappa shape index (κ3) is 3.43. The minimum absolute atomic E-state index is 0.270. The molecule has 1 aliphatic carbocycles. The van der Waals surface area contributed by atoms with Crippen molar-refractivity contribution in [2.75, 3.05) is 11.9 Å². The van der Waals surface area contributed by atoms with Crippen molar-refractivity contribution in [3.8, 4) is 0 Å². The molecule has 1 fully saturated rings. The number of hydrogen-bond donors (Lipinski definition) is 1. The van der Waals surface area contributed by atoms with Crippen LogP contribution in [0.25, 0.3) is 0 Å². The summed E-state index contributed by atoms with van der Waals surface area (Å²) in [5.74, 6) is -0.795. The monoisotopic (exact) mass is 284 g/mol. The molecule has 0 aromatic heterocycles. The summed E-state index contributed by atoms with van der Waals surface area (Å²) in [5.41, 5.74) is -0.842. The summed E-state index contributed by atoms with van der Waals surface area (Å²) in [6.45, 7) is 2.68. The van der Waals surface area contributed by atoms with Gasteiger partial charge in [0.15, 0.2) is 11.6 Å². The van der Waals surface area contributed by atoms with E-state index in [0.29, 0.717) is 18.4 Å². The maximum Gasteiger partial charge on any atom is 0.275 e. The molecule has 0 amide bonds. The van der Waals surface area contributed by atoms with Gasteiger partial charge < -0.3 is 5.32 Å². The van der Waals surface area contributed by atoms with E-state index in [4.69, 9.17) is 0 Å². The number of rotatable bonds is 4. The van der Waals surface area contributed by atoms with Crippen molar-refractivity contribution in [2.45, 2.75) is 32.6 Å². The summed E-state index contributed by atoms with van der Waals surface area (Å²) >= 11 is 0. The topological polar surface area (TPSA) is 55.2 Å². The molecule has 0 aliphatic heterocycles. The van der Waals surface area contributed by atoms with Gasteiger partial charge in [0.05, 0.1) is 17.1 Å². The highest BCUT2D eigenvalue weighted by Gasteiger charge is 2.21. The Morgan fingerprint density at radius 1 is 1.35 bits per heavy atom. The molecule has 0 heterocycles. The predicted octanol–water partition coefficient (Wildman–Crippen LogP) is 4.11. The maximum atomic E-state index is 13.7. The van der Waals surface area contributed by atoms with Crippen LogP contribution in [0.2, 0.25) is 0 Å². The minimum atomic E-state index is -0.916. The number of hydrogen-bond acceptors (Lipinski definition) is 3. The number of non-ortho nitro benzene ring substituents is 1. The fourth-order valence-corrected chi connectivity index (χ4v) is 2.83. The highest BCUT2D eigenvalue weighted by atomic mass is 19.1. The molecule has 6 heteroatoms. The van der Waals surface area contributed by atoms with Crippen LogP contribution in [0.4, 0.5) is 20.2 Å². The molecule has 2 unspecified atom stereocenters. The molecule has 20 heavy (non-hydrogen) atoms. The lowest BCUT2D eigenvalue weighted by Crippen LogP contribution is -2.21. The Bertz CT molecular complexity index is 485. The van der Waals surface area contributed by atoms with E-state index in [2.05, 4.69) is 12.2 Å². The fraction of sp³-hybridized carbons (Fsp3) is 0.571. The largest absolute Gasteiger partial charge is 0.380 e. The fourth-order valence-electron chi connectivity index (χ4n) is 2.83. The lowest BCUT2D eigenvalue weighted by atomic mass is 9.82. The van der Waals surface area contributed by atoms with Gasteiger partial charge in [-0.1, -0.05) is 19.8 Å². The molecule has 110 valence electrons. The molecule has 2 atom stereocenters. The summed E-state index contributed by atoms with van der Waals surface area (Å²) in [6.07, 6.45) is 4.44. The molecular weight excluding hydrogens is 266 g/mol. The molecular formula is C14H18F2N2O2. The molecule has 1 aromatic carbocycles. The molecule has 1 aliphatic rings. The second-order valence-electron chi connectivity index (χ2n) is 5.56. The van der Waals surface area contributed by atoms with Crippen LogP contribution >= 0.6 is 0 Å². The van der Waals surface area contributed by atoms with Crippen LogP contribution in [0.1, 0.15) is 32.6 Å². The number of nitro groups is 1. The Balaban J connectivity index is 2.04. The Kier molecular flexibility index (Phi) is 4.52. The molecule has 0 spiro atoms. The molecule has 0 saturated heterocycles. The normalized spacial score (nSPS) is 22.6. The number of nitrogens with one attached hydrogen (secondary N) is 1. The zero-order valence-corrected chi connectivity index (χ0v) is 11.4. The summed E-state index contributed by atoms with van der Waals surface area (Å²) in [7, 11) is 0.